The Morgan fingerprint density at radius 2 is 2.19 bits per heavy atom. The van der Waals surface area contributed by atoms with Crippen molar-refractivity contribution in [3.05, 3.63) is 53.3 Å². The maximum absolute atomic E-state index is 12.8. The van der Waals surface area contributed by atoms with Gasteiger partial charge in [0, 0.05) is 36.3 Å². The van der Waals surface area contributed by atoms with E-state index < -0.39 is 0 Å². The van der Waals surface area contributed by atoms with Crippen molar-refractivity contribution in [2.45, 2.75) is 37.6 Å². The van der Waals surface area contributed by atoms with Crippen LogP contribution in [0.15, 0.2) is 47.7 Å². The summed E-state index contributed by atoms with van der Waals surface area (Å²) in [6.45, 7) is 4.23. The molecule has 0 aromatic heterocycles. The van der Waals surface area contributed by atoms with Gasteiger partial charge < -0.3 is 4.74 Å². The smallest absolute Gasteiger partial charge is 0.335 e. The molecule has 5 rings (SSSR count). The molecule has 5 heteroatoms. The number of esters is 1. The van der Waals surface area contributed by atoms with Crippen LogP contribution in [0.1, 0.15) is 31.7 Å². The molecule has 4 nitrogen and oxygen atoms in total. The molecule has 4 aliphatic rings. The van der Waals surface area contributed by atoms with E-state index in [9.17, 15) is 4.79 Å². The molecule has 1 spiro atoms. The van der Waals surface area contributed by atoms with Crippen molar-refractivity contribution in [3.8, 4) is 0 Å². The second-order valence-corrected chi connectivity index (χ2v) is 8.24. The number of hydrogen-bond acceptors (Lipinski definition) is 4. The first-order chi connectivity index (χ1) is 12.6. The zero-order valence-electron chi connectivity index (χ0n) is 15.2. The molecule has 3 aliphatic heterocycles. The minimum atomic E-state index is -0.249. The Labute approximate surface area is 159 Å². The maximum atomic E-state index is 12.8. The number of anilines is 1. The number of fused-ring (bicyclic) bond motifs is 1. The summed E-state index contributed by atoms with van der Waals surface area (Å²) < 4.78 is 6.94. The summed E-state index contributed by atoms with van der Waals surface area (Å²) in [4.78, 5) is 15.4. The lowest BCUT2D eigenvalue weighted by atomic mass is 9.55. The number of para-hydroxylation sites is 1. The Morgan fingerprint density at radius 1 is 1.38 bits per heavy atom. The summed E-state index contributed by atoms with van der Waals surface area (Å²) in [6, 6.07) is 8.69. The normalized spacial score (nSPS) is 34.6. The fourth-order valence-electron chi connectivity index (χ4n) is 6.12. The van der Waals surface area contributed by atoms with Gasteiger partial charge in [-0.25, -0.2) is 4.79 Å². The lowest BCUT2D eigenvalue weighted by molar-refractivity contribution is -0.137. The summed E-state index contributed by atoms with van der Waals surface area (Å²) in [5.41, 5.74) is 3.67. The fraction of sp³-hybridized carbons (Fsp3) is 0.476. The van der Waals surface area contributed by atoms with Gasteiger partial charge in [-0.05, 0) is 30.9 Å². The van der Waals surface area contributed by atoms with Crippen molar-refractivity contribution in [1.29, 1.82) is 0 Å². The van der Waals surface area contributed by atoms with Crippen molar-refractivity contribution in [2.24, 2.45) is 5.41 Å². The number of halogens is 1. The quantitative estimate of drug-likeness (QED) is 0.450. The van der Waals surface area contributed by atoms with Gasteiger partial charge in [-0.1, -0.05) is 37.3 Å². The molecule has 1 aromatic rings. The Kier molecular flexibility index (Phi) is 3.38. The Bertz CT molecular complexity index is 863. The molecule has 0 amide bonds. The highest BCUT2D eigenvalue weighted by molar-refractivity contribution is 6.29. The van der Waals surface area contributed by atoms with Gasteiger partial charge in [-0.3, -0.25) is 9.32 Å². The molecule has 1 aliphatic carbocycles. The summed E-state index contributed by atoms with van der Waals surface area (Å²) in [6.07, 6.45) is 7.29. The molecule has 0 radical (unpaired) electrons. The van der Waals surface area contributed by atoms with E-state index in [1.807, 2.05) is 6.07 Å². The maximum Gasteiger partial charge on any atom is 0.335 e. The van der Waals surface area contributed by atoms with Crippen LogP contribution in [0, 0.1) is 5.41 Å². The van der Waals surface area contributed by atoms with E-state index in [-0.39, 0.29) is 16.8 Å². The monoisotopic (exact) mass is 370 g/mol. The third kappa shape index (κ3) is 1.72. The topological polar surface area (TPSA) is 32.8 Å². The standard InChI is InChI=1S/C21H23ClN2O2/c1-3-20-9-6-11-23-12-10-21(19(20)23)15-7-4-5-8-16(15)24(22)17(21)14(13-20)18(25)26-2/h4-9,19H,3,10-13H2,1-2H3/t19-,20-,21-/m0/s1. The summed E-state index contributed by atoms with van der Waals surface area (Å²) in [7, 11) is 1.46. The first kappa shape index (κ1) is 16.4. The van der Waals surface area contributed by atoms with E-state index >= 15 is 0 Å². The molecule has 1 saturated heterocycles. The highest BCUT2D eigenvalue weighted by Gasteiger charge is 2.66. The molecule has 0 unspecified atom stereocenters. The second-order valence-electron chi connectivity index (χ2n) is 7.90. The molecule has 1 aromatic carbocycles. The molecule has 3 atom stereocenters. The van der Waals surface area contributed by atoms with E-state index in [0.29, 0.717) is 12.5 Å². The number of carbonyl (C=O) groups excluding carboxylic acids is 1. The fourth-order valence-corrected chi connectivity index (χ4v) is 6.52. The van der Waals surface area contributed by atoms with E-state index in [4.69, 9.17) is 16.5 Å². The van der Waals surface area contributed by atoms with Crippen molar-refractivity contribution >= 4 is 23.4 Å². The van der Waals surface area contributed by atoms with Crippen molar-refractivity contribution in [2.75, 3.05) is 24.6 Å². The van der Waals surface area contributed by atoms with Crippen LogP contribution >= 0.6 is 11.8 Å². The third-order valence-electron chi connectivity index (χ3n) is 7.06. The molecule has 0 N–H and O–H groups in total. The lowest BCUT2D eigenvalue weighted by Gasteiger charge is -2.53. The molecule has 0 bridgehead atoms. The molecular weight excluding hydrogens is 348 g/mol. The SMILES string of the molecule is CC[C@]12C=CCN3CC[C@]4(C(=C(C(=O)OC)C1)N(Cl)c1ccccc14)[C@@H]32. The Hall–Kier alpha value is -1.78. The minimum Gasteiger partial charge on any atom is -0.466 e. The third-order valence-corrected chi connectivity index (χ3v) is 7.41. The summed E-state index contributed by atoms with van der Waals surface area (Å²) in [5.74, 6) is -0.249. The van der Waals surface area contributed by atoms with Gasteiger partial charge in [0.15, 0.2) is 0 Å². The zero-order chi connectivity index (χ0) is 18.1. The van der Waals surface area contributed by atoms with Crippen LogP contribution in [0.25, 0.3) is 0 Å². The lowest BCUT2D eigenvalue weighted by Crippen LogP contribution is -2.58. The Morgan fingerprint density at radius 3 is 2.96 bits per heavy atom. The number of benzene rings is 1. The van der Waals surface area contributed by atoms with Crippen molar-refractivity contribution in [3.63, 3.8) is 0 Å². The van der Waals surface area contributed by atoms with Gasteiger partial charge in [0.25, 0.3) is 0 Å². The average molecular weight is 371 g/mol. The molecule has 0 saturated carbocycles. The van der Waals surface area contributed by atoms with E-state index in [1.165, 1.54) is 12.7 Å². The first-order valence-electron chi connectivity index (χ1n) is 9.38. The minimum absolute atomic E-state index is 0.0586. The summed E-state index contributed by atoms with van der Waals surface area (Å²) in [5, 5.41) is 0. The molecule has 1 fully saturated rings. The average Bonchev–Trinajstić information content (AvgIpc) is 3.19. The highest BCUT2D eigenvalue weighted by Crippen LogP contribution is 2.66. The van der Waals surface area contributed by atoms with Gasteiger partial charge in [-0.2, -0.15) is 0 Å². The van der Waals surface area contributed by atoms with Crippen LogP contribution in [0.2, 0.25) is 0 Å². The van der Waals surface area contributed by atoms with E-state index in [2.05, 4.69) is 42.2 Å². The Balaban J connectivity index is 1.87. The number of rotatable bonds is 2. The highest BCUT2D eigenvalue weighted by atomic mass is 35.5. The predicted molar refractivity (Wildman–Crippen MR) is 102 cm³/mol. The van der Waals surface area contributed by atoms with Gasteiger partial charge in [0.1, 0.15) is 0 Å². The second kappa shape index (κ2) is 5.37. The number of hydrogen-bond donors (Lipinski definition) is 0. The number of nitrogens with zero attached hydrogens (tertiary/aromatic N) is 2. The molecule has 26 heavy (non-hydrogen) atoms. The number of methoxy groups -OCH3 is 1. The van der Waals surface area contributed by atoms with Crippen molar-refractivity contribution < 1.29 is 9.53 Å². The van der Waals surface area contributed by atoms with Gasteiger partial charge in [-0.15, -0.1) is 0 Å². The number of carbonyl (C=O) groups is 1. The van der Waals surface area contributed by atoms with E-state index in [0.717, 1.165) is 42.9 Å². The zero-order valence-corrected chi connectivity index (χ0v) is 15.9. The first-order valence-corrected chi connectivity index (χ1v) is 9.72. The number of ether oxygens (including phenoxy) is 1. The summed E-state index contributed by atoms with van der Waals surface area (Å²) >= 11 is 6.85. The van der Waals surface area contributed by atoms with Crippen LogP contribution in [0.5, 0.6) is 0 Å². The van der Waals surface area contributed by atoms with Crippen LogP contribution in [-0.4, -0.2) is 37.1 Å². The van der Waals surface area contributed by atoms with Gasteiger partial charge in [0.2, 0.25) is 0 Å². The van der Waals surface area contributed by atoms with Crippen LogP contribution in [0.3, 0.4) is 0 Å². The molecular formula is C21H23ClN2O2. The van der Waals surface area contributed by atoms with Gasteiger partial charge >= 0.3 is 5.97 Å². The van der Waals surface area contributed by atoms with Crippen molar-refractivity contribution in [1.82, 2.24) is 4.90 Å². The van der Waals surface area contributed by atoms with Crippen LogP contribution in [0.4, 0.5) is 5.69 Å². The molecule has 136 valence electrons. The molecule has 3 heterocycles. The van der Waals surface area contributed by atoms with E-state index in [1.54, 1.807) is 4.42 Å². The predicted octanol–water partition coefficient (Wildman–Crippen LogP) is 3.77. The van der Waals surface area contributed by atoms with Crippen LogP contribution in [-0.2, 0) is 14.9 Å². The van der Waals surface area contributed by atoms with Gasteiger partial charge in [0.05, 0.1) is 29.5 Å². The largest absolute Gasteiger partial charge is 0.466 e. The van der Waals surface area contributed by atoms with Crippen LogP contribution < -0.4 is 4.42 Å².